The summed E-state index contributed by atoms with van der Waals surface area (Å²) in [6.07, 6.45) is 0. The van der Waals surface area contributed by atoms with Crippen LogP contribution in [-0.2, 0) is 0 Å². The summed E-state index contributed by atoms with van der Waals surface area (Å²) < 4.78 is 10.9. The number of ether oxygens (including phenoxy) is 1. The first-order chi connectivity index (χ1) is 7.63. The maximum Gasteiger partial charge on any atom is 0.193 e. The molecule has 1 aromatic heterocycles. The Morgan fingerprint density at radius 1 is 1.31 bits per heavy atom. The third kappa shape index (κ3) is 1.69. The second-order valence-electron chi connectivity index (χ2n) is 4.00. The summed E-state index contributed by atoms with van der Waals surface area (Å²) in [6, 6.07) is 6.86. The quantitative estimate of drug-likeness (QED) is 0.778. The zero-order chi connectivity index (χ0) is 11.7. The van der Waals surface area contributed by atoms with Gasteiger partial charge in [0.15, 0.2) is 16.8 Å². The first-order valence-corrected chi connectivity index (χ1v) is 5.24. The molecule has 3 nitrogen and oxygen atoms in total. The van der Waals surface area contributed by atoms with Crippen molar-refractivity contribution < 1.29 is 9.15 Å². The monoisotopic (exact) mass is 218 g/mol. The fourth-order valence-electron chi connectivity index (χ4n) is 1.61. The Morgan fingerprint density at radius 2 is 2.06 bits per heavy atom. The van der Waals surface area contributed by atoms with Gasteiger partial charge in [-0.05, 0) is 12.1 Å². The van der Waals surface area contributed by atoms with E-state index in [9.17, 15) is 4.79 Å². The number of fused-ring (bicyclic) bond motifs is 1. The summed E-state index contributed by atoms with van der Waals surface area (Å²) in [7, 11) is 1.57. The summed E-state index contributed by atoms with van der Waals surface area (Å²) in [5, 5.41) is 0.559. The molecule has 1 aromatic carbocycles. The molecule has 1 heterocycles. The standard InChI is InChI=1S/C13H14O3/c1-8(2)12-7-10(14)9-5-4-6-11(15-3)13(9)16-12/h4-8H,1-3H3. The molecule has 0 radical (unpaired) electrons. The van der Waals surface area contributed by atoms with Crippen LogP contribution in [-0.4, -0.2) is 7.11 Å². The van der Waals surface area contributed by atoms with Crippen LogP contribution in [0.3, 0.4) is 0 Å². The Bertz CT molecular complexity index is 567. The van der Waals surface area contributed by atoms with Crippen LogP contribution in [0.1, 0.15) is 25.5 Å². The SMILES string of the molecule is COc1cccc2c(=O)cc(C(C)C)oc12. The highest BCUT2D eigenvalue weighted by Gasteiger charge is 2.10. The molecule has 0 N–H and O–H groups in total. The molecule has 2 aromatic rings. The van der Waals surface area contributed by atoms with Gasteiger partial charge in [-0.25, -0.2) is 0 Å². The van der Waals surface area contributed by atoms with Crippen molar-refractivity contribution in [2.45, 2.75) is 19.8 Å². The first-order valence-electron chi connectivity index (χ1n) is 5.24. The largest absolute Gasteiger partial charge is 0.493 e. The lowest BCUT2D eigenvalue weighted by molar-refractivity contribution is 0.403. The summed E-state index contributed by atoms with van der Waals surface area (Å²) >= 11 is 0. The van der Waals surface area contributed by atoms with Crippen LogP contribution in [0, 0.1) is 0 Å². The fourth-order valence-corrected chi connectivity index (χ4v) is 1.61. The molecule has 0 saturated heterocycles. The molecule has 0 saturated carbocycles. The molecule has 0 spiro atoms. The van der Waals surface area contributed by atoms with Crippen molar-refractivity contribution in [2.24, 2.45) is 0 Å². The van der Waals surface area contributed by atoms with Crippen molar-refractivity contribution in [3.63, 3.8) is 0 Å². The van der Waals surface area contributed by atoms with E-state index >= 15 is 0 Å². The summed E-state index contributed by atoms with van der Waals surface area (Å²) in [5.41, 5.74) is 0.505. The zero-order valence-corrected chi connectivity index (χ0v) is 9.61. The molecule has 0 amide bonds. The van der Waals surface area contributed by atoms with Crippen molar-refractivity contribution in [3.05, 3.63) is 40.2 Å². The van der Waals surface area contributed by atoms with Crippen LogP contribution in [0.4, 0.5) is 0 Å². The third-order valence-corrected chi connectivity index (χ3v) is 2.53. The third-order valence-electron chi connectivity index (χ3n) is 2.53. The zero-order valence-electron chi connectivity index (χ0n) is 9.61. The Morgan fingerprint density at radius 3 is 2.69 bits per heavy atom. The highest BCUT2D eigenvalue weighted by atomic mass is 16.5. The van der Waals surface area contributed by atoms with Gasteiger partial charge in [-0.3, -0.25) is 4.79 Å². The molecule has 0 unspecified atom stereocenters. The van der Waals surface area contributed by atoms with Gasteiger partial charge in [0.2, 0.25) is 0 Å². The van der Waals surface area contributed by atoms with Crippen LogP contribution in [0.5, 0.6) is 5.75 Å². The number of hydrogen-bond donors (Lipinski definition) is 0. The van der Waals surface area contributed by atoms with Gasteiger partial charge in [0, 0.05) is 12.0 Å². The van der Waals surface area contributed by atoms with Gasteiger partial charge in [-0.2, -0.15) is 0 Å². The van der Waals surface area contributed by atoms with Crippen LogP contribution >= 0.6 is 0 Å². The molecule has 0 aliphatic carbocycles. The van der Waals surface area contributed by atoms with Crippen LogP contribution < -0.4 is 10.2 Å². The van der Waals surface area contributed by atoms with E-state index in [-0.39, 0.29) is 11.3 Å². The van der Waals surface area contributed by atoms with E-state index in [0.717, 1.165) is 0 Å². The van der Waals surface area contributed by atoms with Crippen molar-refractivity contribution in [1.29, 1.82) is 0 Å². The summed E-state index contributed by atoms with van der Waals surface area (Å²) in [4.78, 5) is 11.9. The van der Waals surface area contributed by atoms with Gasteiger partial charge in [0.1, 0.15) is 5.76 Å². The molecule has 0 atom stereocenters. The number of para-hydroxylation sites is 1. The summed E-state index contributed by atoms with van der Waals surface area (Å²) in [6.45, 7) is 3.97. The van der Waals surface area contributed by atoms with E-state index in [4.69, 9.17) is 9.15 Å². The Balaban J connectivity index is 2.83. The van der Waals surface area contributed by atoms with E-state index in [1.54, 1.807) is 31.4 Å². The lowest BCUT2D eigenvalue weighted by Crippen LogP contribution is -2.03. The van der Waals surface area contributed by atoms with Crippen molar-refractivity contribution >= 4 is 11.0 Å². The predicted octanol–water partition coefficient (Wildman–Crippen LogP) is 2.93. The van der Waals surface area contributed by atoms with Gasteiger partial charge in [-0.1, -0.05) is 19.9 Å². The van der Waals surface area contributed by atoms with Gasteiger partial charge >= 0.3 is 0 Å². The topological polar surface area (TPSA) is 39.4 Å². The minimum Gasteiger partial charge on any atom is -0.493 e. The van der Waals surface area contributed by atoms with E-state index in [1.165, 1.54) is 0 Å². The molecule has 84 valence electrons. The number of benzene rings is 1. The molecule has 0 aliphatic heterocycles. The van der Waals surface area contributed by atoms with Gasteiger partial charge in [0.05, 0.1) is 12.5 Å². The molecule has 0 fully saturated rings. The van der Waals surface area contributed by atoms with Gasteiger partial charge in [-0.15, -0.1) is 0 Å². The molecule has 0 aliphatic rings. The molecule has 3 heteroatoms. The number of methoxy groups -OCH3 is 1. The minimum atomic E-state index is -0.0242. The Kier molecular flexibility index (Phi) is 2.69. The molecular formula is C13H14O3. The van der Waals surface area contributed by atoms with E-state index in [0.29, 0.717) is 22.5 Å². The normalized spacial score (nSPS) is 11.0. The van der Waals surface area contributed by atoms with E-state index < -0.39 is 0 Å². The van der Waals surface area contributed by atoms with Crippen molar-refractivity contribution in [1.82, 2.24) is 0 Å². The molecular weight excluding hydrogens is 204 g/mol. The Labute approximate surface area is 93.7 Å². The first kappa shape index (κ1) is 10.7. The molecule has 16 heavy (non-hydrogen) atoms. The smallest absolute Gasteiger partial charge is 0.193 e. The predicted molar refractivity (Wildman–Crippen MR) is 63.1 cm³/mol. The number of hydrogen-bond acceptors (Lipinski definition) is 3. The van der Waals surface area contributed by atoms with Gasteiger partial charge < -0.3 is 9.15 Å². The van der Waals surface area contributed by atoms with Crippen LogP contribution in [0.15, 0.2) is 33.5 Å². The minimum absolute atomic E-state index is 0.0242. The van der Waals surface area contributed by atoms with Crippen molar-refractivity contribution in [3.8, 4) is 5.75 Å². The van der Waals surface area contributed by atoms with Crippen molar-refractivity contribution in [2.75, 3.05) is 7.11 Å². The second kappa shape index (κ2) is 4.00. The molecule has 2 rings (SSSR count). The van der Waals surface area contributed by atoms with Crippen LogP contribution in [0.2, 0.25) is 0 Å². The maximum absolute atomic E-state index is 11.9. The highest BCUT2D eigenvalue weighted by Crippen LogP contribution is 2.26. The maximum atomic E-state index is 11.9. The fraction of sp³-hybridized carbons (Fsp3) is 0.308. The second-order valence-corrected chi connectivity index (χ2v) is 4.00. The van der Waals surface area contributed by atoms with Crippen LogP contribution in [0.25, 0.3) is 11.0 Å². The highest BCUT2D eigenvalue weighted by molar-refractivity contribution is 5.82. The van der Waals surface area contributed by atoms with E-state index in [2.05, 4.69) is 0 Å². The average Bonchev–Trinajstić information content (AvgIpc) is 2.28. The lowest BCUT2D eigenvalue weighted by atomic mass is 10.1. The summed E-state index contributed by atoms with van der Waals surface area (Å²) in [5.74, 6) is 1.46. The lowest BCUT2D eigenvalue weighted by Gasteiger charge is -2.08. The average molecular weight is 218 g/mol. The Hall–Kier alpha value is -1.77. The van der Waals surface area contributed by atoms with Gasteiger partial charge in [0.25, 0.3) is 0 Å². The van der Waals surface area contributed by atoms with E-state index in [1.807, 2.05) is 13.8 Å². The molecule has 0 bridgehead atoms. The number of rotatable bonds is 2.